The van der Waals surface area contributed by atoms with Gasteiger partial charge in [0.1, 0.15) is 5.82 Å². The van der Waals surface area contributed by atoms with Crippen molar-refractivity contribution in [1.29, 1.82) is 0 Å². The summed E-state index contributed by atoms with van der Waals surface area (Å²) in [6.07, 6.45) is 4.51. The molecule has 0 bridgehead atoms. The summed E-state index contributed by atoms with van der Waals surface area (Å²) in [7, 11) is 0. The summed E-state index contributed by atoms with van der Waals surface area (Å²) >= 11 is 0. The Balaban J connectivity index is 2.03. The number of aryl methyl sites for hydroxylation is 1. The number of hydrogen-bond acceptors (Lipinski definition) is 2. The van der Waals surface area contributed by atoms with E-state index in [9.17, 15) is 4.79 Å². The van der Waals surface area contributed by atoms with E-state index in [2.05, 4.69) is 41.9 Å². The molecule has 1 aromatic carbocycles. The van der Waals surface area contributed by atoms with Gasteiger partial charge in [0.25, 0.3) is 0 Å². The second-order valence-corrected chi connectivity index (χ2v) is 6.34. The van der Waals surface area contributed by atoms with Crippen LogP contribution in [0.2, 0.25) is 0 Å². The monoisotopic (exact) mass is 315 g/mol. The number of nitrogens with one attached hydrogen (secondary N) is 1. The van der Waals surface area contributed by atoms with Crippen molar-refractivity contribution >= 4 is 16.9 Å². The number of amides is 1. The molecule has 0 spiro atoms. The molecule has 4 nitrogen and oxygen atoms in total. The highest BCUT2D eigenvalue weighted by molar-refractivity contribution is 5.76. The summed E-state index contributed by atoms with van der Waals surface area (Å²) in [4.78, 5) is 16.3. The van der Waals surface area contributed by atoms with Crippen LogP contribution in [0, 0.1) is 5.92 Å². The molecule has 1 amide bonds. The van der Waals surface area contributed by atoms with Gasteiger partial charge in [-0.1, -0.05) is 39.3 Å². The lowest BCUT2D eigenvalue weighted by Gasteiger charge is -2.14. The van der Waals surface area contributed by atoms with E-state index >= 15 is 0 Å². The number of benzene rings is 1. The number of nitrogens with zero attached hydrogens (tertiary/aromatic N) is 2. The van der Waals surface area contributed by atoms with E-state index in [1.807, 2.05) is 13.0 Å². The zero-order valence-electron chi connectivity index (χ0n) is 14.6. The van der Waals surface area contributed by atoms with Gasteiger partial charge in [0, 0.05) is 25.9 Å². The van der Waals surface area contributed by atoms with Crippen LogP contribution in [0.15, 0.2) is 24.3 Å². The molecule has 1 aromatic heterocycles. The van der Waals surface area contributed by atoms with E-state index in [0.29, 0.717) is 12.3 Å². The molecule has 0 saturated carbocycles. The first-order valence-electron chi connectivity index (χ1n) is 8.86. The van der Waals surface area contributed by atoms with Crippen LogP contribution >= 0.6 is 0 Å². The van der Waals surface area contributed by atoms with Gasteiger partial charge in [-0.15, -0.1) is 0 Å². The molecule has 0 aliphatic carbocycles. The Morgan fingerprint density at radius 2 is 2.09 bits per heavy atom. The SMILES string of the molecule is CCCC(=O)NCCCc1nc2ccccc2n1CC(C)CC. The number of rotatable bonds is 9. The summed E-state index contributed by atoms with van der Waals surface area (Å²) in [5.74, 6) is 1.92. The number of imidazole rings is 1. The van der Waals surface area contributed by atoms with Gasteiger partial charge >= 0.3 is 0 Å². The lowest BCUT2D eigenvalue weighted by atomic mass is 10.1. The molecular formula is C19H29N3O. The van der Waals surface area contributed by atoms with Gasteiger partial charge in [-0.05, 0) is 30.9 Å². The van der Waals surface area contributed by atoms with Crippen molar-refractivity contribution in [3.8, 4) is 0 Å². The summed E-state index contributed by atoms with van der Waals surface area (Å²) < 4.78 is 2.36. The maximum absolute atomic E-state index is 11.5. The maximum atomic E-state index is 11.5. The molecule has 126 valence electrons. The van der Waals surface area contributed by atoms with Crippen molar-refractivity contribution in [2.45, 2.75) is 59.4 Å². The molecule has 1 N–H and O–H groups in total. The minimum atomic E-state index is 0.153. The first-order valence-corrected chi connectivity index (χ1v) is 8.86. The van der Waals surface area contributed by atoms with E-state index in [0.717, 1.165) is 43.7 Å². The molecule has 1 heterocycles. The molecule has 0 fully saturated rings. The average Bonchev–Trinajstić information content (AvgIpc) is 2.89. The van der Waals surface area contributed by atoms with Crippen LogP contribution < -0.4 is 5.32 Å². The van der Waals surface area contributed by atoms with Gasteiger partial charge in [0.15, 0.2) is 0 Å². The summed E-state index contributed by atoms with van der Waals surface area (Å²) in [6.45, 7) is 8.27. The van der Waals surface area contributed by atoms with Gasteiger partial charge in [0.2, 0.25) is 5.91 Å². The van der Waals surface area contributed by atoms with Crippen LogP contribution in [0.3, 0.4) is 0 Å². The molecule has 2 aromatic rings. The van der Waals surface area contributed by atoms with Crippen molar-refractivity contribution in [3.05, 3.63) is 30.1 Å². The highest BCUT2D eigenvalue weighted by Gasteiger charge is 2.12. The lowest BCUT2D eigenvalue weighted by Crippen LogP contribution is -2.24. The van der Waals surface area contributed by atoms with Crippen LogP contribution in [0.25, 0.3) is 11.0 Å². The van der Waals surface area contributed by atoms with Gasteiger partial charge < -0.3 is 9.88 Å². The van der Waals surface area contributed by atoms with Gasteiger partial charge in [0.05, 0.1) is 11.0 Å². The normalized spacial score (nSPS) is 12.5. The molecule has 0 aliphatic heterocycles. The third-order valence-corrected chi connectivity index (χ3v) is 4.30. The number of aromatic nitrogens is 2. The fraction of sp³-hybridized carbons (Fsp3) is 0.579. The molecular weight excluding hydrogens is 286 g/mol. The van der Waals surface area contributed by atoms with E-state index in [1.54, 1.807) is 0 Å². The van der Waals surface area contributed by atoms with Crippen molar-refractivity contribution in [1.82, 2.24) is 14.9 Å². The molecule has 2 rings (SSSR count). The van der Waals surface area contributed by atoms with E-state index < -0.39 is 0 Å². The number of para-hydroxylation sites is 2. The van der Waals surface area contributed by atoms with Crippen molar-refractivity contribution in [3.63, 3.8) is 0 Å². The Hall–Kier alpha value is -1.84. The zero-order chi connectivity index (χ0) is 16.7. The average molecular weight is 315 g/mol. The van der Waals surface area contributed by atoms with Crippen LogP contribution in [-0.2, 0) is 17.8 Å². The fourth-order valence-corrected chi connectivity index (χ4v) is 2.75. The quantitative estimate of drug-likeness (QED) is 0.713. The third kappa shape index (κ3) is 4.81. The Morgan fingerprint density at radius 1 is 1.30 bits per heavy atom. The number of carbonyl (C=O) groups is 1. The standard InChI is InChI=1S/C19H29N3O/c1-4-9-19(23)20-13-8-12-18-21-16-10-6-7-11-17(16)22(18)14-15(3)5-2/h6-7,10-11,15H,4-5,8-9,12-14H2,1-3H3,(H,20,23). The Kier molecular flexibility index (Phi) is 6.63. The first-order chi connectivity index (χ1) is 11.2. The Morgan fingerprint density at radius 3 is 2.83 bits per heavy atom. The topological polar surface area (TPSA) is 46.9 Å². The van der Waals surface area contributed by atoms with Gasteiger partial charge in [-0.2, -0.15) is 0 Å². The number of hydrogen-bond donors (Lipinski definition) is 1. The minimum Gasteiger partial charge on any atom is -0.356 e. The molecule has 1 atom stereocenters. The Bertz CT molecular complexity index is 633. The third-order valence-electron chi connectivity index (χ3n) is 4.30. The van der Waals surface area contributed by atoms with Crippen LogP contribution in [0.1, 0.15) is 52.3 Å². The van der Waals surface area contributed by atoms with Gasteiger partial charge in [-0.25, -0.2) is 4.98 Å². The van der Waals surface area contributed by atoms with Gasteiger partial charge in [-0.3, -0.25) is 4.79 Å². The Labute approximate surface area is 139 Å². The van der Waals surface area contributed by atoms with Crippen LogP contribution in [0.5, 0.6) is 0 Å². The predicted octanol–water partition coefficient (Wildman–Crippen LogP) is 3.93. The van der Waals surface area contributed by atoms with Crippen LogP contribution in [-0.4, -0.2) is 22.0 Å². The van der Waals surface area contributed by atoms with Crippen molar-refractivity contribution < 1.29 is 4.79 Å². The molecule has 1 unspecified atom stereocenters. The smallest absolute Gasteiger partial charge is 0.219 e. The minimum absolute atomic E-state index is 0.153. The molecule has 0 radical (unpaired) electrons. The molecule has 0 saturated heterocycles. The van der Waals surface area contributed by atoms with Crippen molar-refractivity contribution in [2.75, 3.05) is 6.54 Å². The number of carbonyl (C=O) groups excluding carboxylic acids is 1. The maximum Gasteiger partial charge on any atom is 0.219 e. The molecule has 23 heavy (non-hydrogen) atoms. The summed E-state index contributed by atoms with van der Waals surface area (Å²) in [5.41, 5.74) is 2.29. The van der Waals surface area contributed by atoms with E-state index in [4.69, 9.17) is 4.98 Å². The molecule has 0 aliphatic rings. The second-order valence-electron chi connectivity index (χ2n) is 6.34. The van der Waals surface area contributed by atoms with E-state index in [1.165, 1.54) is 11.9 Å². The highest BCUT2D eigenvalue weighted by atomic mass is 16.1. The van der Waals surface area contributed by atoms with E-state index in [-0.39, 0.29) is 5.91 Å². The predicted molar refractivity (Wildman–Crippen MR) is 95.4 cm³/mol. The lowest BCUT2D eigenvalue weighted by molar-refractivity contribution is -0.121. The summed E-state index contributed by atoms with van der Waals surface area (Å²) in [6, 6.07) is 8.34. The zero-order valence-corrected chi connectivity index (χ0v) is 14.6. The highest BCUT2D eigenvalue weighted by Crippen LogP contribution is 2.19. The fourth-order valence-electron chi connectivity index (χ4n) is 2.75. The molecule has 4 heteroatoms. The van der Waals surface area contributed by atoms with Crippen LogP contribution in [0.4, 0.5) is 0 Å². The summed E-state index contributed by atoms with van der Waals surface area (Å²) in [5, 5.41) is 2.98. The number of fused-ring (bicyclic) bond motifs is 1. The first kappa shape index (κ1) is 17.5. The van der Waals surface area contributed by atoms with Crippen molar-refractivity contribution in [2.24, 2.45) is 5.92 Å². The second kappa shape index (κ2) is 8.70. The largest absolute Gasteiger partial charge is 0.356 e.